The summed E-state index contributed by atoms with van der Waals surface area (Å²) in [6.45, 7) is 4.13. The Kier molecular flexibility index (Phi) is 3.34. The molecular formula is C8H17N3O. The second kappa shape index (κ2) is 4.30. The van der Waals surface area contributed by atoms with Gasteiger partial charge in [-0.1, -0.05) is 12.1 Å². The van der Waals surface area contributed by atoms with Crippen LogP contribution in [0, 0.1) is 11.8 Å². The minimum Gasteiger partial charge on any atom is -0.409 e. The van der Waals surface area contributed by atoms with Crippen molar-refractivity contribution in [3.8, 4) is 0 Å². The van der Waals surface area contributed by atoms with Crippen molar-refractivity contribution in [1.29, 1.82) is 0 Å². The molecule has 4 N–H and O–H groups in total. The summed E-state index contributed by atoms with van der Waals surface area (Å²) in [5.41, 5.74) is 5.29. The SMILES string of the molecule is CC1CC1CNCCC(N)=NO. The van der Waals surface area contributed by atoms with Gasteiger partial charge in [-0.05, 0) is 24.8 Å². The lowest BCUT2D eigenvalue weighted by atomic mass is 10.3. The number of nitrogens with one attached hydrogen (secondary N) is 1. The topological polar surface area (TPSA) is 70.6 Å². The predicted molar refractivity (Wildman–Crippen MR) is 48.2 cm³/mol. The van der Waals surface area contributed by atoms with Crippen LogP contribution in [0.4, 0.5) is 0 Å². The first-order valence-corrected chi connectivity index (χ1v) is 4.41. The van der Waals surface area contributed by atoms with Gasteiger partial charge in [-0.2, -0.15) is 0 Å². The van der Waals surface area contributed by atoms with E-state index in [1.54, 1.807) is 0 Å². The second-order valence-electron chi connectivity index (χ2n) is 3.52. The molecule has 1 fully saturated rings. The van der Waals surface area contributed by atoms with Gasteiger partial charge in [-0.3, -0.25) is 0 Å². The van der Waals surface area contributed by atoms with Gasteiger partial charge in [0.1, 0.15) is 5.84 Å². The molecule has 0 aromatic rings. The zero-order valence-corrected chi connectivity index (χ0v) is 7.45. The first-order valence-electron chi connectivity index (χ1n) is 4.41. The van der Waals surface area contributed by atoms with Crippen LogP contribution in [0.15, 0.2) is 5.16 Å². The minimum atomic E-state index is 0.298. The molecule has 0 radical (unpaired) electrons. The zero-order chi connectivity index (χ0) is 8.97. The van der Waals surface area contributed by atoms with Gasteiger partial charge in [-0.15, -0.1) is 0 Å². The molecule has 1 aliphatic rings. The van der Waals surface area contributed by atoms with Crippen LogP contribution in [0.5, 0.6) is 0 Å². The summed E-state index contributed by atoms with van der Waals surface area (Å²) in [5.74, 6) is 2.05. The lowest BCUT2D eigenvalue weighted by Gasteiger charge is -2.01. The van der Waals surface area contributed by atoms with Crippen LogP contribution < -0.4 is 11.1 Å². The third-order valence-corrected chi connectivity index (χ3v) is 2.37. The maximum absolute atomic E-state index is 8.23. The highest BCUT2D eigenvalue weighted by molar-refractivity contribution is 5.79. The Hall–Kier alpha value is -0.770. The molecule has 12 heavy (non-hydrogen) atoms. The van der Waals surface area contributed by atoms with E-state index in [1.165, 1.54) is 6.42 Å². The zero-order valence-electron chi connectivity index (χ0n) is 7.45. The van der Waals surface area contributed by atoms with Gasteiger partial charge in [-0.25, -0.2) is 0 Å². The normalized spacial score (nSPS) is 28.9. The maximum Gasteiger partial charge on any atom is 0.140 e. The van der Waals surface area contributed by atoms with Crippen molar-refractivity contribution < 1.29 is 5.21 Å². The molecular weight excluding hydrogens is 154 g/mol. The molecule has 0 saturated heterocycles. The summed E-state index contributed by atoms with van der Waals surface area (Å²) in [6.07, 6.45) is 1.97. The summed E-state index contributed by atoms with van der Waals surface area (Å²) >= 11 is 0. The van der Waals surface area contributed by atoms with Gasteiger partial charge in [0.05, 0.1) is 0 Å². The quantitative estimate of drug-likeness (QED) is 0.184. The molecule has 70 valence electrons. The van der Waals surface area contributed by atoms with Gasteiger partial charge < -0.3 is 16.3 Å². The van der Waals surface area contributed by atoms with E-state index in [-0.39, 0.29) is 0 Å². The maximum atomic E-state index is 8.23. The highest BCUT2D eigenvalue weighted by atomic mass is 16.4. The molecule has 4 heteroatoms. The molecule has 0 bridgehead atoms. The molecule has 0 heterocycles. The van der Waals surface area contributed by atoms with E-state index < -0.39 is 0 Å². The van der Waals surface area contributed by atoms with Crippen molar-refractivity contribution in [2.45, 2.75) is 19.8 Å². The summed E-state index contributed by atoms with van der Waals surface area (Å²) in [7, 11) is 0. The largest absolute Gasteiger partial charge is 0.409 e. The summed E-state index contributed by atoms with van der Waals surface area (Å²) in [5, 5.41) is 14.4. The van der Waals surface area contributed by atoms with Crippen LogP contribution in [0.3, 0.4) is 0 Å². The number of hydrogen-bond donors (Lipinski definition) is 3. The fraction of sp³-hybridized carbons (Fsp3) is 0.875. The number of amidine groups is 1. The molecule has 0 aromatic heterocycles. The van der Waals surface area contributed by atoms with E-state index in [4.69, 9.17) is 10.9 Å². The number of nitrogens with two attached hydrogens (primary N) is 1. The number of rotatable bonds is 5. The first-order chi connectivity index (χ1) is 5.74. The van der Waals surface area contributed by atoms with Gasteiger partial charge in [0, 0.05) is 13.0 Å². The Labute approximate surface area is 72.8 Å². The van der Waals surface area contributed by atoms with Crippen molar-refractivity contribution in [3.05, 3.63) is 0 Å². The lowest BCUT2D eigenvalue weighted by Crippen LogP contribution is -2.24. The smallest absolute Gasteiger partial charge is 0.140 e. The Morgan fingerprint density at radius 1 is 1.75 bits per heavy atom. The van der Waals surface area contributed by atoms with Gasteiger partial charge >= 0.3 is 0 Å². The number of hydrogen-bond acceptors (Lipinski definition) is 3. The highest BCUT2D eigenvalue weighted by Gasteiger charge is 2.31. The van der Waals surface area contributed by atoms with E-state index in [2.05, 4.69) is 17.4 Å². The Bertz CT molecular complexity index is 170. The van der Waals surface area contributed by atoms with E-state index in [1.807, 2.05) is 0 Å². The second-order valence-corrected chi connectivity index (χ2v) is 3.52. The van der Waals surface area contributed by atoms with E-state index >= 15 is 0 Å². The van der Waals surface area contributed by atoms with Gasteiger partial charge in [0.2, 0.25) is 0 Å². The Morgan fingerprint density at radius 2 is 2.42 bits per heavy atom. The summed E-state index contributed by atoms with van der Waals surface area (Å²) < 4.78 is 0. The molecule has 2 unspecified atom stereocenters. The lowest BCUT2D eigenvalue weighted by molar-refractivity contribution is 0.316. The van der Waals surface area contributed by atoms with Crippen molar-refractivity contribution >= 4 is 5.84 Å². The van der Waals surface area contributed by atoms with Crippen molar-refractivity contribution in [3.63, 3.8) is 0 Å². The van der Waals surface area contributed by atoms with E-state index in [0.717, 1.165) is 24.9 Å². The first kappa shape index (κ1) is 9.32. The van der Waals surface area contributed by atoms with Crippen LogP contribution in [-0.4, -0.2) is 24.1 Å². The van der Waals surface area contributed by atoms with Crippen molar-refractivity contribution in [2.24, 2.45) is 22.7 Å². The van der Waals surface area contributed by atoms with Crippen LogP contribution in [0.25, 0.3) is 0 Å². The van der Waals surface area contributed by atoms with E-state index in [0.29, 0.717) is 12.3 Å². The predicted octanol–water partition coefficient (Wildman–Crippen LogP) is 0.368. The molecule has 1 saturated carbocycles. The average molecular weight is 171 g/mol. The van der Waals surface area contributed by atoms with Gasteiger partial charge in [0.15, 0.2) is 0 Å². The molecule has 0 spiro atoms. The van der Waals surface area contributed by atoms with Crippen LogP contribution in [-0.2, 0) is 0 Å². The Morgan fingerprint density at radius 3 is 2.92 bits per heavy atom. The monoisotopic (exact) mass is 171 g/mol. The van der Waals surface area contributed by atoms with Crippen molar-refractivity contribution in [1.82, 2.24) is 5.32 Å². The molecule has 4 nitrogen and oxygen atoms in total. The summed E-state index contributed by atoms with van der Waals surface area (Å²) in [4.78, 5) is 0. The number of oxime groups is 1. The van der Waals surface area contributed by atoms with Crippen LogP contribution >= 0.6 is 0 Å². The minimum absolute atomic E-state index is 0.298. The third kappa shape index (κ3) is 3.09. The number of nitrogens with zero attached hydrogens (tertiary/aromatic N) is 1. The fourth-order valence-corrected chi connectivity index (χ4v) is 1.24. The Balaban J connectivity index is 1.89. The third-order valence-electron chi connectivity index (χ3n) is 2.37. The highest BCUT2D eigenvalue weighted by Crippen LogP contribution is 2.36. The molecule has 1 rings (SSSR count). The fourth-order valence-electron chi connectivity index (χ4n) is 1.24. The average Bonchev–Trinajstić information content (AvgIpc) is 2.75. The van der Waals surface area contributed by atoms with Crippen molar-refractivity contribution in [2.75, 3.05) is 13.1 Å². The summed E-state index contributed by atoms with van der Waals surface area (Å²) in [6, 6.07) is 0. The van der Waals surface area contributed by atoms with Crippen LogP contribution in [0.2, 0.25) is 0 Å². The van der Waals surface area contributed by atoms with E-state index in [9.17, 15) is 0 Å². The molecule has 1 aliphatic carbocycles. The standard InChI is InChI=1S/C8H17N3O/c1-6-4-7(6)5-10-3-2-8(9)11-12/h6-7,10,12H,2-5H2,1H3,(H2,9,11). The molecule has 0 aliphatic heterocycles. The molecule has 0 aromatic carbocycles. The van der Waals surface area contributed by atoms with Gasteiger partial charge in [0.25, 0.3) is 0 Å². The molecule has 2 atom stereocenters. The van der Waals surface area contributed by atoms with Crippen LogP contribution in [0.1, 0.15) is 19.8 Å². The molecule has 0 amide bonds.